The molecule has 0 spiro atoms. The molecule has 2 N–H and O–H groups in total. The molecular weight excluding hydrogens is 398 g/mol. The zero-order valence-electron chi connectivity index (χ0n) is 16.8. The molecule has 2 aromatic carbocycles. The van der Waals surface area contributed by atoms with Crippen molar-refractivity contribution >= 4 is 29.1 Å². The Morgan fingerprint density at radius 1 is 1.10 bits per heavy atom. The van der Waals surface area contributed by atoms with Gasteiger partial charge in [0.25, 0.3) is 5.56 Å². The molecule has 0 bridgehead atoms. The number of carbonyl (C=O) groups excluding carboxylic acids is 2. The summed E-state index contributed by atoms with van der Waals surface area (Å²) in [6.07, 6.45) is 1.56. The molecule has 1 heterocycles. The van der Waals surface area contributed by atoms with Crippen LogP contribution in [-0.4, -0.2) is 21.7 Å². The lowest BCUT2D eigenvalue weighted by Gasteiger charge is -2.17. The van der Waals surface area contributed by atoms with Gasteiger partial charge in [-0.25, -0.2) is 4.98 Å². The van der Waals surface area contributed by atoms with Crippen molar-refractivity contribution in [2.45, 2.75) is 37.1 Å². The van der Waals surface area contributed by atoms with Crippen molar-refractivity contribution in [1.29, 1.82) is 0 Å². The molecule has 1 aromatic heterocycles. The fourth-order valence-electron chi connectivity index (χ4n) is 2.96. The number of aromatic amines is 1. The minimum absolute atomic E-state index is 0.0744. The maximum atomic E-state index is 13.2. The van der Waals surface area contributed by atoms with Gasteiger partial charge in [-0.15, -0.1) is 0 Å². The number of aromatic nitrogens is 2. The number of hydrogen-bond acceptors (Lipinski definition) is 5. The highest BCUT2D eigenvalue weighted by Crippen LogP contribution is 2.34. The second-order valence-electron chi connectivity index (χ2n) is 6.83. The molecule has 7 heteroatoms. The highest BCUT2D eigenvalue weighted by molar-refractivity contribution is 8.00. The van der Waals surface area contributed by atoms with Gasteiger partial charge in [0.1, 0.15) is 5.25 Å². The van der Waals surface area contributed by atoms with E-state index in [0.717, 1.165) is 12.0 Å². The van der Waals surface area contributed by atoms with Crippen LogP contribution in [0.5, 0.6) is 0 Å². The van der Waals surface area contributed by atoms with Gasteiger partial charge in [0.15, 0.2) is 10.9 Å². The van der Waals surface area contributed by atoms with Gasteiger partial charge in [-0.1, -0.05) is 67.6 Å². The molecule has 0 saturated heterocycles. The number of hydrogen-bond donors (Lipinski definition) is 2. The minimum atomic E-state index is -0.632. The van der Waals surface area contributed by atoms with E-state index in [1.54, 1.807) is 24.3 Å². The first-order valence-corrected chi connectivity index (χ1v) is 10.6. The normalized spacial score (nSPS) is 11.7. The Morgan fingerprint density at radius 2 is 1.87 bits per heavy atom. The lowest BCUT2D eigenvalue weighted by Crippen LogP contribution is -2.20. The number of benzene rings is 2. The summed E-state index contributed by atoms with van der Waals surface area (Å²) in [5.74, 6) is -0.343. The summed E-state index contributed by atoms with van der Waals surface area (Å²) < 4.78 is 0. The van der Waals surface area contributed by atoms with Crippen LogP contribution >= 0.6 is 11.8 Å². The van der Waals surface area contributed by atoms with Crippen LogP contribution in [0.4, 0.5) is 5.69 Å². The first-order chi connectivity index (χ1) is 14.5. The maximum absolute atomic E-state index is 13.2. The van der Waals surface area contributed by atoms with E-state index in [0.29, 0.717) is 28.5 Å². The molecule has 0 aliphatic rings. The number of ketones is 1. The van der Waals surface area contributed by atoms with E-state index < -0.39 is 5.25 Å². The largest absolute Gasteiger partial charge is 0.325 e. The van der Waals surface area contributed by atoms with Crippen molar-refractivity contribution in [2.24, 2.45) is 0 Å². The number of H-pyrrole nitrogens is 1. The third-order valence-corrected chi connectivity index (χ3v) is 5.52. The molecule has 0 fully saturated rings. The zero-order chi connectivity index (χ0) is 21.5. The SMILES string of the molecule is CCCc1cc(=O)[nH]c(SC(C(=O)Nc2cccc(C(C)=O)c2)c2ccccc2)n1. The van der Waals surface area contributed by atoms with Crippen molar-refractivity contribution in [3.63, 3.8) is 0 Å². The Labute approximate surface area is 179 Å². The lowest BCUT2D eigenvalue weighted by molar-refractivity contribution is -0.115. The number of nitrogens with one attached hydrogen (secondary N) is 2. The monoisotopic (exact) mass is 421 g/mol. The van der Waals surface area contributed by atoms with Crippen molar-refractivity contribution in [3.05, 3.63) is 87.8 Å². The van der Waals surface area contributed by atoms with E-state index in [4.69, 9.17) is 0 Å². The van der Waals surface area contributed by atoms with Gasteiger partial charge >= 0.3 is 0 Å². The van der Waals surface area contributed by atoms with Crippen LogP contribution in [0.25, 0.3) is 0 Å². The number of Topliss-reactive ketones (excluding diaryl/α,β-unsaturated/α-hetero) is 1. The van der Waals surface area contributed by atoms with Crippen molar-refractivity contribution in [2.75, 3.05) is 5.32 Å². The van der Waals surface area contributed by atoms with Crippen LogP contribution in [-0.2, 0) is 11.2 Å². The fraction of sp³-hybridized carbons (Fsp3) is 0.217. The molecule has 154 valence electrons. The molecule has 3 aromatic rings. The Hall–Kier alpha value is -3.19. The van der Waals surface area contributed by atoms with E-state index in [1.807, 2.05) is 37.3 Å². The average molecular weight is 422 g/mol. The van der Waals surface area contributed by atoms with E-state index >= 15 is 0 Å². The molecule has 30 heavy (non-hydrogen) atoms. The van der Waals surface area contributed by atoms with Crippen LogP contribution in [0.3, 0.4) is 0 Å². The molecule has 0 radical (unpaired) electrons. The van der Waals surface area contributed by atoms with Gasteiger partial charge in [-0.3, -0.25) is 14.4 Å². The highest BCUT2D eigenvalue weighted by Gasteiger charge is 2.24. The summed E-state index contributed by atoms with van der Waals surface area (Å²) in [5.41, 5.74) is 2.30. The van der Waals surface area contributed by atoms with Gasteiger partial charge in [-0.05, 0) is 31.0 Å². The van der Waals surface area contributed by atoms with Crippen molar-refractivity contribution in [3.8, 4) is 0 Å². The summed E-state index contributed by atoms with van der Waals surface area (Å²) in [7, 11) is 0. The van der Waals surface area contributed by atoms with Gasteiger partial charge in [0.05, 0.1) is 0 Å². The molecule has 0 aliphatic carbocycles. The third kappa shape index (κ3) is 5.67. The second-order valence-corrected chi connectivity index (χ2v) is 7.92. The molecule has 3 rings (SSSR count). The number of nitrogens with zero attached hydrogens (tertiary/aromatic N) is 1. The quantitative estimate of drug-likeness (QED) is 0.320. The van der Waals surface area contributed by atoms with Gasteiger partial charge in [0, 0.05) is 23.0 Å². The Kier molecular flexibility index (Phi) is 7.19. The number of anilines is 1. The van der Waals surface area contributed by atoms with Crippen LogP contribution in [0.2, 0.25) is 0 Å². The Morgan fingerprint density at radius 3 is 2.57 bits per heavy atom. The van der Waals surface area contributed by atoms with Crippen LogP contribution in [0.15, 0.2) is 70.6 Å². The summed E-state index contributed by atoms with van der Waals surface area (Å²) in [4.78, 5) is 44.0. The smallest absolute Gasteiger partial charge is 0.251 e. The predicted molar refractivity (Wildman–Crippen MR) is 119 cm³/mol. The van der Waals surface area contributed by atoms with Gasteiger partial charge < -0.3 is 10.3 Å². The molecule has 0 aliphatic heterocycles. The standard InChI is InChI=1S/C23H23N3O3S/c1-3-8-18-14-20(28)26-23(25-18)30-21(16-9-5-4-6-10-16)22(29)24-19-12-7-11-17(13-19)15(2)27/h4-7,9-14,21H,3,8H2,1-2H3,(H,24,29)(H,25,26,28). The zero-order valence-corrected chi connectivity index (χ0v) is 17.7. The number of rotatable bonds is 8. The first kappa shape index (κ1) is 21.5. The summed E-state index contributed by atoms with van der Waals surface area (Å²) in [5, 5.41) is 2.64. The van der Waals surface area contributed by atoms with Gasteiger partial charge in [0.2, 0.25) is 5.91 Å². The number of aryl methyl sites for hydroxylation is 1. The summed E-state index contributed by atoms with van der Waals surface area (Å²) in [6.45, 7) is 3.50. The van der Waals surface area contributed by atoms with Crippen molar-refractivity contribution < 1.29 is 9.59 Å². The molecule has 6 nitrogen and oxygen atoms in total. The third-order valence-electron chi connectivity index (χ3n) is 4.39. The second kappa shape index (κ2) is 10.0. The lowest BCUT2D eigenvalue weighted by atomic mass is 10.1. The minimum Gasteiger partial charge on any atom is -0.325 e. The van der Waals surface area contributed by atoms with E-state index in [-0.39, 0.29) is 17.2 Å². The fourth-order valence-corrected chi connectivity index (χ4v) is 3.97. The van der Waals surface area contributed by atoms with E-state index in [9.17, 15) is 14.4 Å². The maximum Gasteiger partial charge on any atom is 0.251 e. The summed E-state index contributed by atoms with van der Waals surface area (Å²) >= 11 is 1.19. The molecule has 1 amide bonds. The first-order valence-electron chi connectivity index (χ1n) is 9.70. The topological polar surface area (TPSA) is 91.9 Å². The number of thioether (sulfide) groups is 1. The van der Waals surface area contributed by atoms with Crippen molar-refractivity contribution in [1.82, 2.24) is 9.97 Å². The molecule has 1 atom stereocenters. The van der Waals surface area contributed by atoms with Crippen LogP contribution in [0.1, 0.15) is 47.1 Å². The highest BCUT2D eigenvalue weighted by atomic mass is 32.2. The summed E-state index contributed by atoms with van der Waals surface area (Å²) in [6, 6.07) is 17.6. The molecule has 1 unspecified atom stereocenters. The predicted octanol–water partition coefficient (Wildman–Crippen LogP) is 4.40. The van der Waals surface area contributed by atoms with E-state index in [2.05, 4.69) is 15.3 Å². The Balaban J connectivity index is 1.90. The van der Waals surface area contributed by atoms with Crippen LogP contribution < -0.4 is 10.9 Å². The molecular formula is C23H23N3O3S. The number of carbonyl (C=O) groups is 2. The number of amides is 1. The van der Waals surface area contributed by atoms with Gasteiger partial charge in [-0.2, -0.15) is 0 Å². The van der Waals surface area contributed by atoms with Crippen LogP contribution in [0, 0.1) is 0 Å². The average Bonchev–Trinajstić information content (AvgIpc) is 2.72. The molecule has 0 saturated carbocycles. The van der Waals surface area contributed by atoms with E-state index in [1.165, 1.54) is 24.8 Å². The Bertz CT molecular complexity index is 1100.